The molecule has 4 rings (SSSR count). The number of anilines is 2. The lowest BCUT2D eigenvalue weighted by Gasteiger charge is -2.17. The first kappa shape index (κ1) is 19.0. The lowest BCUT2D eigenvalue weighted by atomic mass is 9.96. The highest BCUT2D eigenvalue weighted by Gasteiger charge is 2.28. The number of carbonyl (C=O) groups excluding carboxylic acids is 1. The largest absolute Gasteiger partial charge is 0.459 e. The number of aryl methyl sites for hydroxylation is 1. The van der Waals surface area contributed by atoms with Crippen LogP contribution in [0.15, 0.2) is 77.5 Å². The van der Waals surface area contributed by atoms with Gasteiger partial charge < -0.3 is 9.73 Å². The number of H-pyrrole nitrogens is 1. The first-order chi connectivity index (χ1) is 14.1. The topological polar surface area (TPSA) is 68.4 Å². The number of thiophene rings is 1. The van der Waals surface area contributed by atoms with Crippen LogP contribution in [0.2, 0.25) is 0 Å². The van der Waals surface area contributed by atoms with Gasteiger partial charge in [0.25, 0.3) is 11.7 Å². The maximum absolute atomic E-state index is 12.6. The Bertz CT molecular complexity index is 1090. The van der Waals surface area contributed by atoms with E-state index in [0.29, 0.717) is 5.76 Å². The van der Waals surface area contributed by atoms with Gasteiger partial charge >= 0.3 is 0 Å². The molecule has 3 heterocycles. The van der Waals surface area contributed by atoms with E-state index in [1.165, 1.54) is 6.26 Å². The molecule has 4 aromatic rings. The molecule has 6 heteroatoms. The van der Waals surface area contributed by atoms with Gasteiger partial charge in [-0.15, -0.1) is 11.3 Å². The first-order valence-corrected chi connectivity index (χ1v) is 10.2. The van der Waals surface area contributed by atoms with Crippen LogP contribution in [0.4, 0.5) is 10.8 Å². The number of furan rings is 1. The van der Waals surface area contributed by atoms with E-state index in [1.54, 1.807) is 23.5 Å². The molecule has 0 aliphatic heterocycles. The SMILES string of the molecule is Cc1sc(NC(=O)c2ccco2)c([C@H](Nc2cccc[nH+]2)c2ccccc2)c1C. The van der Waals surface area contributed by atoms with Crippen molar-refractivity contribution in [3.63, 3.8) is 0 Å². The van der Waals surface area contributed by atoms with Gasteiger partial charge in [-0.2, -0.15) is 0 Å². The predicted molar refractivity (Wildman–Crippen MR) is 115 cm³/mol. The van der Waals surface area contributed by atoms with E-state index >= 15 is 0 Å². The van der Waals surface area contributed by atoms with Crippen molar-refractivity contribution in [2.45, 2.75) is 19.9 Å². The average molecular weight is 405 g/mol. The molecule has 0 fully saturated rings. The lowest BCUT2D eigenvalue weighted by Crippen LogP contribution is -2.20. The zero-order valence-corrected chi connectivity index (χ0v) is 17.0. The Kier molecular flexibility index (Phi) is 5.44. The Morgan fingerprint density at radius 1 is 1.03 bits per heavy atom. The molecule has 1 aromatic carbocycles. The highest BCUT2D eigenvalue weighted by atomic mass is 32.1. The third kappa shape index (κ3) is 4.07. The van der Waals surface area contributed by atoms with Crippen molar-refractivity contribution in [1.82, 2.24) is 0 Å². The van der Waals surface area contributed by atoms with Gasteiger partial charge in [-0.05, 0) is 37.6 Å². The Hall–Kier alpha value is -3.38. The van der Waals surface area contributed by atoms with Gasteiger partial charge in [0.15, 0.2) is 5.76 Å². The van der Waals surface area contributed by atoms with Crippen LogP contribution in [-0.4, -0.2) is 5.91 Å². The summed E-state index contributed by atoms with van der Waals surface area (Å²) in [6.45, 7) is 4.17. The molecule has 0 saturated heterocycles. The molecule has 0 aliphatic carbocycles. The summed E-state index contributed by atoms with van der Waals surface area (Å²) in [5, 5.41) is 7.46. The summed E-state index contributed by atoms with van der Waals surface area (Å²) in [5.41, 5.74) is 3.32. The van der Waals surface area contributed by atoms with Gasteiger partial charge in [0.2, 0.25) is 0 Å². The Morgan fingerprint density at radius 2 is 1.83 bits per heavy atom. The van der Waals surface area contributed by atoms with E-state index in [1.807, 2.05) is 42.6 Å². The summed E-state index contributed by atoms with van der Waals surface area (Å²) in [6.07, 6.45) is 3.38. The molecular formula is C23H22N3O2S+. The van der Waals surface area contributed by atoms with Gasteiger partial charge in [0.1, 0.15) is 11.0 Å². The average Bonchev–Trinajstić information content (AvgIpc) is 3.37. The number of aromatic amines is 1. The van der Waals surface area contributed by atoms with Crippen LogP contribution >= 0.6 is 11.3 Å². The predicted octanol–water partition coefficient (Wildman–Crippen LogP) is 5.23. The fourth-order valence-corrected chi connectivity index (χ4v) is 4.36. The lowest BCUT2D eigenvalue weighted by molar-refractivity contribution is -0.361. The number of carbonyl (C=O) groups is 1. The molecule has 3 aromatic heterocycles. The van der Waals surface area contributed by atoms with Crippen LogP contribution in [-0.2, 0) is 0 Å². The van der Waals surface area contributed by atoms with Crippen molar-refractivity contribution in [3.05, 3.63) is 100 Å². The minimum Gasteiger partial charge on any atom is -0.459 e. The van der Waals surface area contributed by atoms with E-state index in [4.69, 9.17) is 4.42 Å². The zero-order valence-electron chi connectivity index (χ0n) is 16.2. The molecule has 0 radical (unpaired) electrons. The Labute approximate surface area is 173 Å². The number of hydrogen-bond donors (Lipinski definition) is 2. The molecule has 1 atom stereocenters. The second-order valence-corrected chi connectivity index (χ2v) is 7.95. The molecule has 1 amide bonds. The summed E-state index contributed by atoms with van der Waals surface area (Å²) in [5.74, 6) is 0.934. The monoisotopic (exact) mass is 404 g/mol. The maximum atomic E-state index is 12.6. The summed E-state index contributed by atoms with van der Waals surface area (Å²) >= 11 is 1.58. The molecule has 146 valence electrons. The van der Waals surface area contributed by atoms with E-state index < -0.39 is 0 Å². The molecule has 0 bridgehead atoms. The minimum atomic E-state index is -0.254. The van der Waals surface area contributed by atoms with Gasteiger partial charge in [0, 0.05) is 22.1 Å². The Balaban J connectivity index is 1.76. The van der Waals surface area contributed by atoms with Gasteiger partial charge in [0.05, 0.1) is 12.5 Å². The molecule has 0 saturated carbocycles. The summed E-state index contributed by atoms with van der Waals surface area (Å²) in [7, 11) is 0. The number of pyridine rings is 1. The summed E-state index contributed by atoms with van der Waals surface area (Å²) < 4.78 is 5.26. The summed E-state index contributed by atoms with van der Waals surface area (Å²) in [4.78, 5) is 17.0. The van der Waals surface area contributed by atoms with Gasteiger partial charge in [-0.3, -0.25) is 10.1 Å². The van der Waals surface area contributed by atoms with Crippen molar-refractivity contribution in [2.24, 2.45) is 0 Å². The third-order valence-electron chi connectivity index (χ3n) is 4.83. The second kappa shape index (κ2) is 8.32. The van der Waals surface area contributed by atoms with Gasteiger partial charge in [-0.1, -0.05) is 36.4 Å². The van der Waals surface area contributed by atoms with Crippen molar-refractivity contribution in [3.8, 4) is 0 Å². The molecule has 0 aliphatic rings. The quantitative estimate of drug-likeness (QED) is 0.463. The fraction of sp³-hybridized carbons (Fsp3) is 0.130. The number of hydrogen-bond acceptors (Lipinski definition) is 4. The van der Waals surface area contributed by atoms with Crippen LogP contribution in [0.3, 0.4) is 0 Å². The van der Waals surface area contributed by atoms with Crippen LogP contribution in [0.5, 0.6) is 0 Å². The molecular weight excluding hydrogens is 382 g/mol. The first-order valence-electron chi connectivity index (χ1n) is 9.36. The minimum absolute atomic E-state index is 0.133. The van der Waals surface area contributed by atoms with E-state index in [0.717, 1.165) is 32.4 Å². The molecule has 3 N–H and O–H groups in total. The molecule has 5 nitrogen and oxygen atoms in total. The molecule has 0 unspecified atom stereocenters. The molecule has 0 spiro atoms. The van der Waals surface area contributed by atoms with E-state index in [9.17, 15) is 4.79 Å². The maximum Gasteiger partial charge on any atom is 0.291 e. The normalized spacial score (nSPS) is 11.8. The zero-order chi connectivity index (χ0) is 20.2. The number of nitrogens with one attached hydrogen (secondary N) is 3. The molecule has 29 heavy (non-hydrogen) atoms. The van der Waals surface area contributed by atoms with Gasteiger partial charge in [-0.25, -0.2) is 4.98 Å². The van der Waals surface area contributed by atoms with Crippen LogP contribution < -0.4 is 15.6 Å². The smallest absolute Gasteiger partial charge is 0.291 e. The Morgan fingerprint density at radius 3 is 2.52 bits per heavy atom. The number of benzene rings is 1. The number of amides is 1. The highest BCUT2D eigenvalue weighted by molar-refractivity contribution is 7.16. The van der Waals surface area contributed by atoms with E-state index in [-0.39, 0.29) is 11.9 Å². The van der Waals surface area contributed by atoms with Crippen molar-refractivity contribution in [2.75, 3.05) is 10.6 Å². The second-order valence-electron chi connectivity index (χ2n) is 6.72. The van der Waals surface area contributed by atoms with Crippen molar-refractivity contribution in [1.29, 1.82) is 0 Å². The standard InChI is InChI=1S/C23H21N3O2S/c1-15-16(2)29-23(26-22(27)18-11-8-14-28-18)20(15)21(17-9-4-3-5-10-17)25-19-12-6-7-13-24-19/h3-14,21H,1-2H3,(H,24,25)(H,26,27)/p+1/t21-/m1/s1. The highest BCUT2D eigenvalue weighted by Crippen LogP contribution is 2.40. The van der Waals surface area contributed by atoms with Crippen molar-refractivity contribution >= 4 is 28.1 Å². The fourth-order valence-electron chi connectivity index (χ4n) is 3.26. The van der Waals surface area contributed by atoms with Crippen LogP contribution in [0.1, 0.15) is 38.2 Å². The van der Waals surface area contributed by atoms with Crippen LogP contribution in [0, 0.1) is 13.8 Å². The van der Waals surface area contributed by atoms with E-state index in [2.05, 4.69) is 41.6 Å². The van der Waals surface area contributed by atoms with Crippen LogP contribution in [0.25, 0.3) is 0 Å². The van der Waals surface area contributed by atoms with Crippen molar-refractivity contribution < 1.29 is 14.2 Å². The number of aromatic nitrogens is 1. The number of rotatable bonds is 6. The third-order valence-corrected chi connectivity index (χ3v) is 5.97. The summed E-state index contributed by atoms with van der Waals surface area (Å²) in [6, 6.07) is 19.4.